The number of carbonyl (C=O) groups is 1. The van der Waals surface area contributed by atoms with Gasteiger partial charge in [0.25, 0.3) is 0 Å². The first kappa shape index (κ1) is 11.7. The van der Waals surface area contributed by atoms with Crippen LogP contribution in [0.5, 0.6) is 0 Å². The highest BCUT2D eigenvalue weighted by Gasteiger charge is 2.06. The summed E-state index contributed by atoms with van der Waals surface area (Å²) in [5.41, 5.74) is 1.57. The summed E-state index contributed by atoms with van der Waals surface area (Å²) >= 11 is 0. The van der Waals surface area contributed by atoms with Crippen molar-refractivity contribution in [3.8, 4) is 0 Å². The minimum Gasteiger partial charge on any atom is -0.396 e. The number of hydrogen-bond donors (Lipinski definition) is 2. The fraction of sp³-hybridized carbons (Fsp3) is 0.600. The Bertz CT molecular complexity index is 333. The maximum atomic E-state index is 11.4. The number of nitrogens with zero attached hydrogens (tertiary/aromatic N) is 2. The van der Waals surface area contributed by atoms with Crippen LogP contribution in [0.25, 0.3) is 0 Å². The zero-order valence-electron chi connectivity index (χ0n) is 9.16. The first-order valence-corrected chi connectivity index (χ1v) is 5.04. The third kappa shape index (κ3) is 3.71. The summed E-state index contributed by atoms with van der Waals surface area (Å²) in [6, 6.07) is 0. The number of unbranched alkanes of at least 4 members (excludes halogenated alkanes) is 1. The third-order valence-corrected chi connectivity index (χ3v) is 2.10. The largest absolute Gasteiger partial charge is 0.396 e. The van der Waals surface area contributed by atoms with E-state index in [-0.39, 0.29) is 12.5 Å². The van der Waals surface area contributed by atoms with Gasteiger partial charge >= 0.3 is 0 Å². The molecule has 0 saturated heterocycles. The van der Waals surface area contributed by atoms with Crippen LogP contribution in [0.2, 0.25) is 0 Å². The lowest BCUT2D eigenvalue weighted by atomic mass is 10.2. The van der Waals surface area contributed by atoms with Gasteiger partial charge in [0.15, 0.2) is 0 Å². The second-order valence-corrected chi connectivity index (χ2v) is 3.53. The van der Waals surface area contributed by atoms with Gasteiger partial charge in [-0.25, -0.2) is 0 Å². The summed E-state index contributed by atoms with van der Waals surface area (Å²) < 4.78 is 1.67. The van der Waals surface area contributed by atoms with E-state index in [9.17, 15) is 4.79 Å². The molecule has 0 aromatic carbocycles. The molecule has 0 radical (unpaired) electrons. The van der Waals surface area contributed by atoms with E-state index in [2.05, 4.69) is 10.4 Å². The van der Waals surface area contributed by atoms with Crippen LogP contribution in [0.4, 0.5) is 5.69 Å². The summed E-state index contributed by atoms with van der Waals surface area (Å²) in [7, 11) is 1.81. The van der Waals surface area contributed by atoms with Gasteiger partial charge in [-0.2, -0.15) is 5.10 Å². The van der Waals surface area contributed by atoms with Gasteiger partial charge in [-0.15, -0.1) is 0 Å². The zero-order valence-corrected chi connectivity index (χ0v) is 9.16. The number of hydrogen-bond acceptors (Lipinski definition) is 3. The second-order valence-electron chi connectivity index (χ2n) is 3.53. The molecule has 5 heteroatoms. The van der Waals surface area contributed by atoms with Crippen LogP contribution in [0, 0.1) is 6.92 Å². The molecule has 0 aliphatic heterocycles. The van der Waals surface area contributed by atoms with Crippen LogP contribution in [-0.2, 0) is 11.8 Å². The van der Waals surface area contributed by atoms with Gasteiger partial charge in [0.05, 0.1) is 11.4 Å². The molecule has 1 aromatic heterocycles. The smallest absolute Gasteiger partial charge is 0.224 e. The highest BCUT2D eigenvalue weighted by atomic mass is 16.2. The van der Waals surface area contributed by atoms with Gasteiger partial charge in [-0.05, 0) is 19.8 Å². The predicted octanol–water partition coefficient (Wildman–Crippen LogP) is 0.830. The van der Waals surface area contributed by atoms with Crippen molar-refractivity contribution in [1.82, 2.24) is 9.78 Å². The molecule has 0 bridgehead atoms. The van der Waals surface area contributed by atoms with E-state index in [0.29, 0.717) is 19.3 Å². The van der Waals surface area contributed by atoms with Crippen LogP contribution >= 0.6 is 0 Å². The Hall–Kier alpha value is -1.36. The lowest BCUT2D eigenvalue weighted by molar-refractivity contribution is -0.116. The number of aliphatic hydroxyl groups excluding tert-OH is 1. The summed E-state index contributed by atoms with van der Waals surface area (Å²) in [5, 5.41) is 15.5. The Morgan fingerprint density at radius 2 is 2.33 bits per heavy atom. The Morgan fingerprint density at radius 1 is 1.60 bits per heavy atom. The molecule has 1 amide bonds. The molecule has 1 rings (SSSR count). The van der Waals surface area contributed by atoms with Crippen molar-refractivity contribution >= 4 is 11.6 Å². The standard InChI is InChI=1S/C10H17N3O2/c1-8-9(7-13(2)12-8)11-10(15)5-3-4-6-14/h7,14H,3-6H2,1-2H3,(H,11,15). The van der Waals surface area contributed by atoms with Crippen LogP contribution in [0.3, 0.4) is 0 Å². The van der Waals surface area contributed by atoms with Crippen LogP contribution < -0.4 is 5.32 Å². The van der Waals surface area contributed by atoms with E-state index in [1.165, 1.54) is 0 Å². The molecule has 0 unspecified atom stereocenters. The second kappa shape index (κ2) is 5.50. The lowest BCUT2D eigenvalue weighted by Gasteiger charge is -2.02. The molecule has 0 saturated carbocycles. The summed E-state index contributed by atoms with van der Waals surface area (Å²) in [5.74, 6) is -0.0282. The van der Waals surface area contributed by atoms with Crippen molar-refractivity contribution < 1.29 is 9.90 Å². The summed E-state index contributed by atoms with van der Waals surface area (Å²) in [4.78, 5) is 11.4. The van der Waals surface area contributed by atoms with Crippen molar-refractivity contribution in [3.05, 3.63) is 11.9 Å². The Morgan fingerprint density at radius 3 is 2.87 bits per heavy atom. The van der Waals surface area contributed by atoms with Crippen molar-refractivity contribution in [3.63, 3.8) is 0 Å². The minimum atomic E-state index is -0.0282. The van der Waals surface area contributed by atoms with Gasteiger partial charge in [-0.3, -0.25) is 9.48 Å². The topological polar surface area (TPSA) is 67.2 Å². The van der Waals surface area contributed by atoms with Crippen molar-refractivity contribution in [1.29, 1.82) is 0 Å². The fourth-order valence-electron chi connectivity index (χ4n) is 1.33. The SMILES string of the molecule is Cc1nn(C)cc1NC(=O)CCCCO. The number of aromatic nitrogens is 2. The first-order chi connectivity index (χ1) is 7.13. The molecule has 1 aromatic rings. The van der Waals surface area contributed by atoms with E-state index in [0.717, 1.165) is 11.4 Å². The molecule has 0 fully saturated rings. The van der Waals surface area contributed by atoms with Crippen molar-refractivity contribution in [2.75, 3.05) is 11.9 Å². The highest BCUT2D eigenvalue weighted by Crippen LogP contribution is 2.11. The number of aryl methyl sites for hydroxylation is 2. The van der Waals surface area contributed by atoms with Gasteiger partial charge in [0.1, 0.15) is 0 Å². The number of aliphatic hydroxyl groups is 1. The summed E-state index contributed by atoms with van der Waals surface area (Å²) in [6.07, 6.45) is 3.59. The monoisotopic (exact) mass is 211 g/mol. The van der Waals surface area contributed by atoms with Crippen LogP contribution in [-0.4, -0.2) is 27.4 Å². The van der Waals surface area contributed by atoms with Crippen LogP contribution in [0.15, 0.2) is 6.20 Å². The molecule has 5 nitrogen and oxygen atoms in total. The Balaban J connectivity index is 2.41. The molecular formula is C10H17N3O2. The maximum Gasteiger partial charge on any atom is 0.224 e. The number of anilines is 1. The number of amides is 1. The molecule has 15 heavy (non-hydrogen) atoms. The third-order valence-electron chi connectivity index (χ3n) is 2.10. The fourth-order valence-corrected chi connectivity index (χ4v) is 1.33. The first-order valence-electron chi connectivity index (χ1n) is 5.04. The van der Waals surface area contributed by atoms with E-state index in [4.69, 9.17) is 5.11 Å². The molecule has 0 aliphatic carbocycles. The van der Waals surface area contributed by atoms with Gasteiger partial charge in [0, 0.05) is 26.3 Å². The highest BCUT2D eigenvalue weighted by molar-refractivity contribution is 5.91. The molecule has 0 spiro atoms. The number of rotatable bonds is 5. The van der Waals surface area contributed by atoms with E-state index >= 15 is 0 Å². The average Bonchev–Trinajstić information content (AvgIpc) is 2.45. The molecule has 84 valence electrons. The van der Waals surface area contributed by atoms with Crippen molar-refractivity contribution in [2.24, 2.45) is 7.05 Å². The van der Waals surface area contributed by atoms with E-state index < -0.39 is 0 Å². The molecule has 1 heterocycles. The normalized spacial score (nSPS) is 10.3. The predicted molar refractivity (Wildman–Crippen MR) is 57.5 cm³/mol. The molecule has 2 N–H and O–H groups in total. The molecule has 0 atom stereocenters. The van der Waals surface area contributed by atoms with E-state index in [1.807, 2.05) is 14.0 Å². The van der Waals surface area contributed by atoms with Crippen LogP contribution in [0.1, 0.15) is 25.0 Å². The average molecular weight is 211 g/mol. The zero-order chi connectivity index (χ0) is 11.3. The van der Waals surface area contributed by atoms with E-state index in [1.54, 1.807) is 10.9 Å². The lowest BCUT2D eigenvalue weighted by Crippen LogP contribution is -2.11. The maximum absolute atomic E-state index is 11.4. The van der Waals surface area contributed by atoms with Gasteiger partial charge in [-0.1, -0.05) is 0 Å². The quantitative estimate of drug-likeness (QED) is 0.709. The Kier molecular flexibility index (Phi) is 4.30. The van der Waals surface area contributed by atoms with Gasteiger partial charge in [0.2, 0.25) is 5.91 Å². The van der Waals surface area contributed by atoms with Crippen molar-refractivity contribution in [2.45, 2.75) is 26.2 Å². The summed E-state index contributed by atoms with van der Waals surface area (Å²) in [6.45, 7) is 1.99. The minimum absolute atomic E-state index is 0.0282. The van der Waals surface area contributed by atoms with Gasteiger partial charge < -0.3 is 10.4 Å². The molecular weight excluding hydrogens is 194 g/mol. The number of carbonyl (C=O) groups excluding carboxylic acids is 1. The Labute approximate surface area is 89.1 Å². The number of nitrogens with one attached hydrogen (secondary N) is 1. The molecule has 0 aliphatic rings.